The van der Waals surface area contributed by atoms with Crippen molar-refractivity contribution in [1.29, 1.82) is 0 Å². The molecule has 2 heterocycles. The van der Waals surface area contributed by atoms with Crippen LogP contribution in [0.5, 0.6) is 0 Å². The Morgan fingerprint density at radius 3 is 2.58 bits per heavy atom. The molecule has 2 aromatic rings. The third-order valence-electron chi connectivity index (χ3n) is 2.52. The van der Waals surface area contributed by atoms with E-state index >= 15 is 0 Å². The summed E-state index contributed by atoms with van der Waals surface area (Å²) in [5, 5.41) is 5.22. The molecule has 0 saturated carbocycles. The van der Waals surface area contributed by atoms with E-state index in [0.29, 0.717) is 16.3 Å². The molecule has 0 aromatic carbocycles. The van der Waals surface area contributed by atoms with Crippen LogP contribution in [-0.4, -0.2) is 42.8 Å². The third kappa shape index (κ3) is 3.11. The molecule has 2 rings (SSSR count). The molecule has 2 N–H and O–H groups in total. The maximum absolute atomic E-state index is 5.73. The molecule has 2 aromatic heterocycles. The first-order chi connectivity index (χ1) is 9.13. The van der Waals surface area contributed by atoms with Crippen LogP contribution in [0, 0.1) is 0 Å². The van der Waals surface area contributed by atoms with Gasteiger partial charge in [0.25, 0.3) is 0 Å². The summed E-state index contributed by atoms with van der Waals surface area (Å²) in [7, 11) is 1.81. The number of aromatic nitrogens is 6. The quantitative estimate of drug-likeness (QED) is 0.849. The van der Waals surface area contributed by atoms with E-state index in [9.17, 15) is 0 Å². The number of hydrogen-bond acceptors (Lipinski definition) is 8. The number of rotatable bonds is 5. The standard InChI is InChI=1S/C10H16N8S/c1-4-18(5-2)8-14-7(11)15-9(16-8)19-10-12-6-13-17(10)3/h6H,4-5H2,1-3H3,(H2,11,14,15,16). The minimum absolute atomic E-state index is 0.210. The lowest BCUT2D eigenvalue weighted by molar-refractivity contribution is 0.683. The van der Waals surface area contributed by atoms with Crippen LogP contribution >= 0.6 is 11.8 Å². The van der Waals surface area contributed by atoms with Gasteiger partial charge in [0.1, 0.15) is 6.33 Å². The second-order valence-corrected chi connectivity index (χ2v) is 4.65. The monoisotopic (exact) mass is 280 g/mol. The Hall–Kier alpha value is -1.90. The molecule has 0 atom stereocenters. The van der Waals surface area contributed by atoms with E-state index in [1.54, 1.807) is 4.68 Å². The summed E-state index contributed by atoms with van der Waals surface area (Å²) in [5.74, 6) is 0.795. The van der Waals surface area contributed by atoms with Crippen molar-refractivity contribution in [3.05, 3.63) is 6.33 Å². The lowest BCUT2D eigenvalue weighted by Gasteiger charge is -2.18. The Balaban J connectivity index is 2.29. The van der Waals surface area contributed by atoms with Crippen LogP contribution in [0.25, 0.3) is 0 Å². The smallest absolute Gasteiger partial charge is 0.231 e. The number of aryl methyl sites for hydroxylation is 1. The molecular weight excluding hydrogens is 264 g/mol. The van der Waals surface area contributed by atoms with Crippen molar-refractivity contribution in [3.8, 4) is 0 Å². The predicted molar refractivity (Wildman–Crippen MR) is 72.9 cm³/mol. The van der Waals surface area contributed by atoms with Crippen molar-refractivity contribution in [2.24, 2.45) is 7.05 Å². The molecule has 0 aliphatic heterocycles. The molecule has 0 amide bonds. The van der Waals surface area contributed by atoms with Crippen molar-refractivity contribution in [2.75, 3.05) is 23.7 Å². The van der Waals surface area contributed by atoms with Crippen LogP contribution in [-0.2, 0) is 7.05 Å². The highest BCUT2D eigenvalue weighted by Gasteiger charge is 2.12. The zero-order valence-electron chi connectivity index (χ0n) is 11.1. The van der Waals surface area contributed by atoms with E-state index in [4.69, 9.17) is 5.73 Å². The van der Waals surface area contributed by atoms with Gasteiger partial charge < -0.3 is 10.6 Å². The van der Waals surface area contributed by atoms with Crippen molar-refractivity contribution in [3.63, 3.8) is 0 Å². The molecule has 0 unspecified atom stereocenters. The maximum Gasteiger partial charge on any atom is 0.231 e. The molecule has 0 spiro atoms. The van der Waals surface area contributed by atoms with Gasteiger partial charge in [-0.05, 0) is 25.6 Å². The van der Waals surface area contributed by atoms with Gasteiger partial charge in [-0.15, -0.1) is 0 Å². The van der Waals surface area contributed by atoms with E-state index in [0.717, 1.165) is 13.1 Å². The summed E-state index contributed by atoms with van der Waals surface area (Å²) < 4.78 is 1.65. The molecule has 0 radical (unpaired) electrons. The topological polar surface area (TPSA) is 98.6 Å². The van der Waals surface area contributed by atoms with Gasteiger partial charge in [0, 0.05) is 20.1 Å². The lowest BCUT2D eigenvalue weighted by atomic mass is 10.5. The van der Waals surface area contributed by atoms with Crippen LogP contribution < -0.4 is 10.6 Å². The van der Waals surface area contributed by atoms with Crippen LogP contribution in [0.2, 0.25) is 0 Å². The second kappa shape index (κ2) is 5.83. The molecule has 102 valence electrons. The Labute approximate surface area is 115 Å². The zero-order valence-corrected chi connectivity index (χ0v) is 11.9. The van der Waals surface area contributed by atoms with Crippen LogP contribution in [0.15, 0.2) is 16.6 Å². The zero-order chi connectivity index (χ0) is 13.8. The summed E-state index contributed by atoms with van der Waals surface area (Å²) >= 11 is 1.31. The van der Waals surface area contributed by atoms with E-state index in [-0.39, 0.29) is 5.95 Å². The molecule has 0 fully saturated rings. The molecule has 9 heteroatoms. The number of nitrogen functional groups attached to an aromatic ring is 1. The number of nitrogens with zero attached hydrogens (tertiary/aromatic N) is 7. The Morgan fingerprint density at radius 1 is 1.26 bits per heavy atom. The van der Waals surface area contributed by atoms with E-state index < -0.39 is 0 Å². The van der Waals surface area contributed by atoms with Gasteiger partial charge >= 0.3 is 0 Å². The molecule has 0 saturated heterocycles. The average molecular weight is 280 g/mol. The number of nitrogens with two attached hydrogens (primary N) is 1. The molecular formula is C10H16N8S. The normalized spacial score (nSPS) is 10.7. The maximum atomic E-state index is 5.73. The van der Waals surface area contributed by atoms with Gasteiger partial charge in [0.2, 0.25) is 17.1 Å². The number of hydrogen-bond donors (Lipinski definition) is 1. The van der Waals surface area contributed by atoms with E-state index in [1.165, 1.54) is 18.1 Å². The van der Waals surface area contributed by atoms with Gasteiger partial charge in [-0.2, -0.15) is 20.1 Å². The van der Waals surface area contributed by atoms with Gasteiger partial charge in [-0.1, -0.05) is 0 Å². The Morgan fingerprint density at radius 2 is 2.00 bits per heavy atom. The molecule has 8 nitrogen and oxygen atoms in total. The first-order valence-corrected chi connectivity index (χ1v) is 6.74. The highest BCUT2D eigenvalue weighted by atomic mass is 32.2. The number of anilines is 2. The fourth-order valence-electron chi connectivity index (χ4n) is 1.51. The average Bonchev–Trinajstić information content (AvgIpc) is 2.76. The van der Waals surface area contributed by atoms with Gasteiger partial charge in [-0.3, -0.25) is 0 Å². The summed E-state index contributed by atoms with van der Waals surface area (Å²) in [6.07, 6.45) is 1.48. The van der Waals surface area contributed by atoms with Gasteiger partial charge in [0.05, 0.1) is 0 Å². The minimum atomic E-state index is 0.210. The van der Waals surface area contributed by atoms with Crippen LogP contribution in [0.4, 0.5) is 11.9 Å². The third-order valence-corrected chi connectivity index (χ3v) is 3.44. The summed E-state index contributed by atoms with van der Waals surface area (Å²) in [5.41, 5.74) is 5.73. The summed E-state index contributed by atoms with van der Waals surface area (Å²) in [6, 6.07) is 0. The van der Waals surface area contributed by atoms with Gasteiger partial charge in [-0.25, -0.2) is 9.67 Å². The van der Waals surface area contributed by atoms with Crippen molar-refractivity contribution in [1.82, 2.24) is 29.7 Å². The minimum Gasteiger partial charge on any atom is -0.368 e. The molecule has 0 aliphatic carbocycles. The Bertz CT molecular complexity index is 550. The first-order valence-electron chi connectivity index (χ1n) is 5.92. The SMILES string of the molecule is CCN(CC)c1nc(N)nc(Sc2ncnn2C)n1. The van der Waals surface area contributed by atoms with Crippen molar-refractivity contribution < 1.29 is 0 Å². The largest absolute Gasteiger partial charge is 0.368 e. The van der Waals surface area contributed by atoms with E-state index in [1.807, 2.05) is 25.8 Å². The fraction of sp³-hybridized carbons (Fsp3) is 0.500. The Kier molecular flexibility index (Phi) is 4.15. The molecule has 0 bridgehead atoms. The van der Waals surface area contributed by atoms with Crippen LogP contribution in [0.3, 0.4) is 0 Å². The fourth-order valence-corrected chi connectivity index (χ4v) is 2.22. The first kappa shape index (κ1) is 13.5. The summed E-state index contributed by atoms with van der Waals surface area (Å²) in [4.78, 5) is 18.8. The molecule has 19 heavy (non-hydrogen) atoms. The highest BCUT2D eigenvalue weighted by Crippen LogP contribution is 2.23. The predicted octanol–water partition coefficient (Wildman–Crippen LogP) is 0.580. The summed E-state index contributed by atoms with van der Waals surface area (Å²) in [6.45, 7) is 5.71. The van der Waals surface area contributed by atoms with Crippen molar-refractivity contribution >= 4 is 23.7 Å². The van der Waals surface area contributed by atoms with Crippen molar-refractivity contribution in [2.45, 2.75) is 24.2 Å². The van der Waals surface area contributed by atoms with Crippen LogP contribution in [0.1, 0.15) is 13.8 Å². The second-order valence-electron chi connectivity index (χ2n) is 3.72. The van der Waals surface area contributed by atoms with Gasteiger partial charge in [0.15, 0.2) is 5.16 Å². The lowest BCUT2D eigenvalue weighted by Crippen LogP contribution is -2.25. The molecule has 0 aliphatic rings. The highest BCUT2D eigenvalue weighted by molar-refractivity contribution is 7.99. The van der Waals surface area contributed by atoms with E-state index in [2.05, 4.69) is 25.0 Å².